The minimum atomic E-state index is -0.663. The largest absolute Gasteiger partial charge is 0.351 e. The standard InChI is InChI=1S/C28H28FN5O2/c1-18-6-3-7-19-12-14-31-26(25(18)19)34(21-8-4-13-30-17-21)27(35)22-11-10-20(16-23(22)29)32-24-9-5-15-33(2)28(24)36/h3,5-7,9-12,14-16,21,30,32H,4,8,13,17H2,1-2H3/t21-/m1/s1. The summed E-state index contributed by atoms with van der Waals surface area (Å²) >= 11 is 0. The lowest BCUT2D eigenvalue weighted by Crippen LogP contribution is -2.49. The fraction of sp³-hybridized carbons (Fsp3) is 0.250. The van der Waals surface area contributed by atoms with Crippen molar-refractivity contribution in [3.05, 3.63) is 94.3 Å². The monoisotopic (exact) mass is 485 g/mol. The van der Waals surface area contributed by atoms with E-state index in [1.54, 1.807) is 42.5 Å². The van der Waals surface area contributed by atoms with E-state index in [1.807, 2.05) is 31.2 Å². The molecule has 1 aliphatic heterocycles. The molecule has 184 valence electrons. The maximum Gasteiger partial charge on any atom is 0.273 e. The van der Waals surface area contributed by atoms with Gasteiger partial charge < -0.3 is 15.2 Å². The number of aromatic nitrogens is 2. The van der Waals surface area contributed by atoms with Crippen molar-refractivity contribution in [1.82, 2.24) is 14.9 Å². The van der Waals surface area contributed by atoms with E-state index in [9.17, 15) is 9.59 Å². The van der Waals surface area contributed by atoms with E-state index in [0.29, 0.717) is 23.7 Å². The van der Waals surface area contributed by atoms with Gasteiger partial charge >= 0.3 is 0 Å². The number of benzene rings is 2. The number of carbonyl (C=O) groups excluding carboxylic acids is 1. The Bertz CT molecular complexity index is 1490. The second-order valence-electron chi connectivity index (χ2n) is 9.14. The Morgan fingerprint density at radius 2 is 2.06 bits per heavy atom. The first-order valence-electron chi connectivity index (χ1n) is 12.0. The zero-order valence-corrected chi connectivity index (χ0v) is 20.3. The number of anilines is 3. The first-order valence-corrected chi connectivity index (χ1v) is 12.0. The fourth-order valence-electron chi connectivity index (χ4n) is 4.80. The summed E-state index contributed by atoms with van der Waals surface area (Å²) in [6, 6.07) is 15.4. The average Bonchev–Trinajstić information content (AvgIpc) is 2.88. The lowest BCUT2D eigenvalue weighted by molar-refractivity contribution is 0.0968. The number of aryl methyl sites for hydroxylation is 2. The van der Waals surface area contributed by atoms with Crippen LogP contribution in [0.3, 0.4) is 0 Å². The molecule has 2 aromatic carbocycles. The first-order chi connectivity index (χ1) is 17.4. The van der Waals surface area contributed by atoms with E-state index in [1.165, 1.54) is 16.7 Å². The van der Waals surface area contributed by atoms with Crippen molar-refractivity contribution in [3.8, 4) is 0 Å². The normalized spacial score (nSPS) is 15.6. The van der Waals surface area contributed by atoms with Gasteiger partial charge in [0.15, 0.2) is 0 Å². The van der Waals surface area contributed by atoms with Gasteiger partial charge in [0, 0.05) is 37.1 Å². The number of nitrogens with zero attached hydrogens (tertiary/aromatic N) is 3. The van der Waals surface area contributed by atoms with Crippen LogP contribution in [-0.2, 0) is 7.05 Å². The van der Waals surface area contributed by atoms with Gasteiger partial charge in [0.25, 0.3) is 11.5 Å². The molecule has 0 unspecified atom stereocenters. The van der Waals surface area contributed by atoms with Gasteiger partial charge in [0.05, 0.1) is 11.6 Å². The molecule has 0 aliphatic carbocycles. The van der Waals surface area contributed by atoms with Crippen molar-refractivity contribution in [2.45, 2.75) is 25.8 Å². The van der Waals surface area contributed by atoms with E-state index in [2.05, 4.69) is 15.6 Å². The molecular formula is C28H28FN5O2. The summed E-state index contributed by atoms with van der Waals surface area (Å²) in [7, 11) is 1.65. The lowest BCUT2D eigenvalue weighted by atomic mass is 10.0. The molecule has 36 heavy (non-hydrogen) atoms. The predicted octanol–water partition coefficient (Wildman–Crippen LogP) is 4.52. The topological polar surface area (TPSA) is 79.3 Å². The molecule has 1 fully saturated rings. The number of piperidine rings is 1. The van der Waals surface area contributed by atoms with Crippen LogP contribution in [0.2, 0.25) is 0 Å². The van der Waals surface area contributed by atoms with Crippen LogP contribution in [0.25, 0.3) is 10.8 Å². The Morgan fingerprint density at radius 3 is 2.83 bits per heavy atom. The second kappa shape index (κ2) is 9.91. The molecule has 2 aromatic heterocycles. The number of carbonyl (C=O) groups is 1. The minimum absolute atomic E-state index is 0.0422. The van der Waals surface area contributed by atoms with Gasteiger partial charge in [-0.25, -0.2) is 9.37 Å². The summed E-state index contributed by atoms with van der Waals surface area (Å²) in [6.07, 6.45) is 5.04. The third-order valence-electron chi connectivity index (χ3n) is 6.66. The van der Waals surface area contributed by atoms with Crippen molar-refractivity contribution in [2.75, 3.05) is 23.3 Å². The number of hydrogen-bond donors (Lipinski definition) is 2. The molecule has 5 rings (SSSR count). The van der Waals surface area contributed by atoms with Crippen molar-refractivity contribution in [2.24, 2.45) is 7.05 Å². The lowest BCUT2D eigenvalue weighted by Gasteiger charge is -2.35. The van der Waals surface area contributed by atoms with Crippen LogP contribution < -0.4 is 21.1 Å². The van der Waals surface area contributed by atoms with E-state index in [0.717, 1.165) is 35.7 Å². The van der Waals surface area contributed by atoms with Gasteiger partial charge in [-0.1, -0.05) is 18.2 Å². The Morgan fingerprint density at radius 1 is 1.19 bits per heavy atom. The molecule has 0 spiro atoms. The zero-order chi connectivity index (χ0) is 25.2. The Hall–Kier alpha value is -4.04. The Balaban J connectivity index is 1.54. The summed E-state index contributed by atoms with van der Waals surface area (Å²) in [5.74, 6) is -0.561. The number of halogens is 1. The molecule has 1 amide bonds. The summed E-state index contributed by atoms with van der Waals surface area (Å²) in [6.45, 7) is 3.48. The van der Waals surface area contributed by atoms with Gasteiger partial charge in [-0.05, 0) is 73.7 Å². The van der Waals surface area contributed by atoms with Crippen LogP contribution in [0.1, 0.15) is 28.8 Å². The highest BCUT2D eigenvalue weighted by atomic mass is 19.1. The quantitative estimate of drug-likeness (QED) is 0.435. The summed E-state index contributed by atoms with van der Waals surface area (Å²) < 4.78 is 16.8. The van der Waals surface area contributed by atoms with Crippen molar-refractivity contribution in [1.29, 1.82) is 0 Å². The molecule has 7 nitrogen and oxygen atoms in total. The molecule has 1 saturated heterocycles. The zero-order valence-electron chi connectivity index (χ0n) is 20.3. The number of amides is 1. The van der Waals surface area contributed by atoms with Crippen LogP contribution in [-0.4, -0.2) is 34.6 Å². The summed E-state index contributed by atoms with van der Waals surface area (Å²) in [4.78, 5) is 32.5. The van der Waals surface area contributed by atoms with Gasteiger partial charge in [-0.15, -0.1) is 0 Å². The van der Waals surface area contributed by atoms with Gasteiger partial charge in [-0.3, -0.25) is 14.5 Å². The third kappa shape index (κ3) is 4.47. The van der Waals surface area contributed by atoms with Crippen molar-refractivity contribution >= 4 is 33.9 Å². The van der Waals surface area contributed by atoms with Crippen LogP contribution in [0.15, 0.2) is 71.8 Å². The minimum Gasteiger partial charge on any atom is -0.351 e. The molecule has 4 aromatic rings. The SMILES string of the molecule is Cc1cccc2ccnc(N(C(=O)c3ccc(Nc4cccn(C)c4=O)cc3F)[C@@H]3CCCNC3)c12. The van der Waals surface area contributed by atoms with E-state index in [-0.39, 0.29) is 17.2 Å². The molecule has 0 saturated carbocycles. The number of fused-ring (bicyclic) bond motifs is 1. The van der Waals surface area contributed by atoms with Crippen LogP contribution in [0.4, 0.5) is 21.6 Å². The highest BCUT2D eigenvalue weighted by Crippen LogP contribution is 2.32. The molecule has 0 radical (unpaired) electrons. The van der Waals surface area contributed by atoms with Gasteiger partial charge in [0.2, 0.25) is 0 Å². The summed E-state index contributed by atoms with van der Waals surface area (Å²) in [5, 5.41) is 8.18. The van der Waals surface area contributed by atoms with Gasteiger partial charge in [0.1, 0.15) is 17.3 Å². The molecule has 0 bridgehead atoms. The van der Waals surface area contributed by atoms with Crippen molar-refractivity contribution in [3.63, 3.8) is 0 Å². The van der Waals surface area contributed by atoms with E-state index >= 15 is 4.39 Å². The molecular weight excluding hydrogens is 457 g/mol. The van der Waals surface area contributed by atoms with Crippen molar-refractivity contribution < 1.29 is 9.18 Å². The number of nitrogens with one attached hydrogen (secondary N) is 2. The summed E-state index contributed by atoms with van der Waals surface area (Å²) in [5.41, 5.74) is 1.44. The van der Waals surface area contributed by atoms with Crippen LogP contribution >= 0.6 is 0 Å². The van der Waals surface area contributed by atoms with Crippen LogP contribution in [0, 0.1) is 12.7 Å². The highest BCUT2D eigenvalue weighted by Gasteiger charge is 2.31. The smallest absolute Gasteiger partial charge is 0.273 e. The average molecular weight is 486 g/mol. The van der Waals surface area contributed by atoms with Gasteiger partial charge in [-0.2, -0.15) is 0 Å². The van der Waals surface area contributed by atoms with Crippen LogP contribution in [0.5, 0.6) is 0 Å². The number of hydrogen-bond acceptors (Lipinski definition) is 5. The van der Waals surface area contributed by atoms with E-state index in [4.69, 9.17) is 0 Å². The maximum atomic E-state index is 15.4. The third-order valence-corrected chi connectivity index (χ3v) is 6.66. The maximum absolute atomic E-state index is 15.4. The number of rotatable bonds is 5. The Kier molecular flexibility index (Phi) is 6.52. The molecule has 8 heteroatoms. The fourth-order valence-corrected chi connectivity index (χ4v) is 4.80. The Labute approximate surface area is 208 Å². The molecule has 3 heterocycles. The highest BCUT2D eigenvalue weighted by molar-refractivity contribution is 6.11. The predicted molar refractivity (Wildman–Crippen MR) is 141 cm³/mol. The first kappa shape index (κ1) is 23.7. The van der Waals surface area contributed by atoms with E-state index < -0.39 is 11.7 Å². The molecule has 1 aliphatic rings. The molecule has 2 N–H and O–H groups in total. The molecule has 1 atom stereocenters. The number of pyridine rings is 2. The second-order valence-corrected chi connectivity index (χ2v) is 9.14.